The number of aromatic amines is 1. The number of nitrogens with one attached hydrogen (secondary N) is 2. The Kier molecular flexibility index (Phi) is 7.37. The van der Waals surface area contributed by atoms with Crippen molar-refractivity contribution in [2.45, 2.75) is 33.7 Å². The smallest absolute Gasteiger partial charge is 0.277 e. The number of hydrogen-bond acceptors (Lipinski definition) is 6. The molecule has 0 aliphatic heterocycles. The highest BCUT2D eigenvalue weighted by atomic mass is 19.1. The number of rotatable bonds is 8. The molecule has 0 radical (unpaired) electrons. The van der Waals surface area contributed by atoms with E-state index in [1.54, 1.807) is 24.7 Å². The first-order valence-electron chi connectivity index (χ1n) is 13.9. The van der Waals surface area contributed by atoms with Crippen LogP contribution < -0.4 is 10.9 Å². The summed E-state index contributed by atoms with van der Waals surface area (Å²) in [6.07, 6.45) is 9.02. The number of halogens is 1. The van der Waals surface area contributed by atoms with Gasteiger partial charge in [0.25, 0.3) is 5.56 Å². The van der Waals surface area contributed by atoms with E-state index < -0.39 is 0 Å². The lowest BCUT2D eigenvalue weighted by Gasteiger charge is -2.16. The highest BCUT2D eigenvalue weighted by Gasteiger charge is 2.18. The van der Waals surface area contributed by atoms with Gasteiger partial charge in [-0.05, 0) is 48.7 Å². The number of hydrogen-bond donors (Lipinski definition) is 2. The molecule has 6 aromatic rings. The summed E-state index contributed by atoms with van der Waals surface area (Å²) in [5.41, 5.74) is 5.27. The van der Waals surface area contributed by atoms with Crippen molar-refractivity contribution in [2.24, 2.45) is 5.92 Å². The first kappa shape index (κ1) is 27.7. The van der Waals surface area contributed by atoms with Crippen molar-refractivity contribution >= 4 is 22.5 Å². The Bertz CT molecular complexity index is 2000. The van der Waals surface area contributed by atoms with Crippen LogP contribution in [0.5, 0.6) is 0 Å². The predicted molar refractivity (Wildman–Crippen MR) is 162 cm³/mol. The van der Waals surface area contributed by atoms with Crippen molar-refractivity contribution in [1.29, 1.82) is 0 Å². The number of benzene rings is 2. The number of aromatic nitrogens is 7. The summed E-state index contributed by atoms with van der Waals surface area (Å²) in [5.74, 6) is -0.367. The molecule has 216 valence electrons. The maximum atomic E-state index is 13.9. The van der Waals surface area contributed by atoms with Crippen LogP contribution in [0.2, 0.25) is 0 Å². The van der Waals surface area contributed by atoms with Crippen LogP contribution >= 0.6 is 0 Å². The molecule has 11 heteroatoms. The van der Waals surface area contributed by atoms with Gasteiger partial charge in [0, 0.05) is 34.8 Å². The number of fused-ring (bicyclic) bond motifs is 1. The van der Waals surface area contributed by atoms with E-state index in [0.29, 0.717) is 23.5 Å². The minimum atomic E-state index is -0.384. The van der Waals surface area contributed by atoms with Crippen LogP contribution in [-0.4, -0.2) is 40.4 Å². The first-order chi connectivity index (χ1) is 20.8. The summed E-state index contributed by atoms with van der Waals surface area (Å²) in [4.78, 5) is 35.6. The number of pyridine rings is 1. The second-order valence-corrected chi connectivity index (χ2v) is 10.5. The zero-order valence-electron chi connectivity index (χ0n) is 23.9. The molecule has 1 amide bonds. The number of carbonyl (C=O) groups excluding carboxylic acids is 1. The van der Waals surface area contributed by atoms with Gasteiger partial charge in [0.1, 0.15) is 23.0 Å². The van der Waals surface area contributed by atoms with Crippen LogP contribution in [0.25, 0.3) is 39.2 Å². The molecule has 0 saturated carbocycles. The van der Waals surface area contributed by atoms with E-state index in [2.05, 4.69) is 30.7 Å². The molecule has 0 aliphatic carbocycles. The van der Waals surface area contributed by atoms with Crippen molar-refractivity contribution in [2.75, 3.05) is 5.32 Å². The number of carbonyl (C=O) groups is 1. The Morgan fingerprint density at radius 2 is 1.84 bits per heavy atom. The van der Waals surface area contributed by atoms with Crippen LogP contribution in [0.4, 0.5) is 10.1 Å². The molecule has 4 heterocycles. The first-order valence-corrected chi connectivity index (χ1v) is 13.9. The molecule has 4 aromatic heterocycles. The van der Waals surface area contributed by atoms with Gasteiger partial charge >= 0.3 is 0 Å². The quantitative estimate of drug-likeness (QED) is 0.246. The Morgan fingerprint density at radius 3 is 2.58 bits per heavy atom. The van der Waals surface area contributed by atoms with E-state index in [1.165, 1.54) is 22.9 Å². The molecule has 0 bridgehead atoms. The van der Waals surface area contributed by atoms with E-state index in [-0.39, 0.29) is 35.4 Å². The van der Waals surface area contributed by atoms with Gasteiger partial charge in [-0.2, -0.15) is 15.4 Å². The fourth-order valence-corrected chi connectivity index (χ4v) is 4.98. The third-order valence-electron chi connectivity index (χ3n) is 7.58. The summed E-state index contributed by atoms with van der Waals surface area (Å²) in [5, 5.41) is 14.2. The zero-order chi connectivity index (χ0) is 30.1. The Hall–Kier alpha value is -5.45. The molecule has 43 heavy (non-hydrogen) atoms. The molecule has 0 unspecified atom stereocenters. The lowest BCUT2D eigenvalue weighted by atomic mass is 10.1. The summed E-state index contributed by atoms with van der Waals surface area (Å²) in [7, 11) is 0. The number of amides is 1. The van der Waals surface area contributed by atoms with Crippen LogP contribution in [0.15, 0.2) is 84.3 Å². The molecular formula is C32H29FN8O2. The predicted octanol–water partition coefficient (Wildman–Crippen LogP) is 5.51. The van der Waals surface area contributed by atoms with Crippen molar-refractivity contribution in [1.82, 2.24) is 34.5 Å². The molecule has 10 nitrogen and oxygen atoms in total. The Labute approximate surface area is 246 Å². The summed E-state index contributed by atoms with van der Waals surface area (Å²) >= 11 is 0. The van der Waals surface area contributed by atoms with Crippen molar-refractivity contribution < 1.29 is 9.18 Å². The van der Waals surface area contributed by atoms with E-state index in [4.69, 9.17) is 0 Å². The third kappa shape index (κ3) is 5.44. The monoisotopic (exact) mass is 576 g/mol. The molecule has 6 rings (SSSR count). The average molecular weight is 577 g/mol. The van der Waals surface area contributed by atoms with Crippen molar-refractivity contribution in [3.63, 3.8) is 0 Å². The SMILES string of the molecule is CC[C@@H](C)C(=O)Nc1cnc(-c2ccc(-c3cn[nH]n3)cc2)n(Cc2cncc(-n3cc(C)c4cc(F)ccc43)c2)c1=O. The van der Waals surface area contributed by atoms with Crippen LogP contribution in [0.1, 0.15) is 31.4 Å². The van der Waals surface area contributed by atoms with Gasteiger partial charge < -0.3 is 9.88 Å². The van der Waals surface area contributed by atoms with Crippen molar-refractivity contribution in [3.05, 3.63) is 107 Å². The second-order valence-electron chi connectivity index (χ2n) is 10.5. The average Bonchev–Trinajstić information content (AvgIpc) is 3.67. The van der Waals surface area contributed by atoms with E-state index in [0.717, 1.165) is 33.3 Å². The second kappa shape index (κ2) is 11.4. The maximum Gasteiger partial charge on any atom is 0.277 e. The fourth-order valence-electron chi connectivity index (χ4n) is 4.98. The highest BCUT2D eigenvalue weighted by Crippen LogP contribution is 2.26. The molecule has 1 atom stereocenters. The molecular weight excluding hydrogens is 547 g/mol. The van der Waals surface area contributed by atoms with Crippen LogP contribution in [-0.2, 0) is 11.3 Å². The normalized spacial score (nSPS) is 12.0. The van der Waals surface area contributed by atoms with E-state index >= 15 is 0 Å². The van der Waals surface area contributed by atoms with Gasteiger partial charge in [0.15, 0.2) is 0 Å². The van der Waals surface area contributed by atoms with E-state index in [1.807, 2.05) is 61.9 Å². The fraction of sp³-hybridized carbons (Fsp3) is 0.188. The molecule has 2 N–H and O–H groups in total. The minimum Gasteiger partial charge on any atom is -0.320 e. The molecule has 0 aliphatic rings. The lowest BCUT2D eigenvalue weighted by Crippen LogP contribution is -2.30. The maximum absolute atomic E-state index is 13.9. The standard InChI is InChI=1S/C32H29FN8O2/c1-4-19(2)31(42)37-28-15-35-30(23-7-5-22(6-8-23)27-16-36-39-38-27)41(32(28)43)18-21-11-25(14-34-13-21)40-17-20(3)26-12-24(33)9-10-29(26)40/h5-17,19H,4,18H2,1-3H3,(H,37,42)(H,36,38,39)/t19-/m1/s1. The third-order valence-corrected chi connectivity index (χ3v) is 7.58. The largest absolute Gasteiger partial charge is 0.320 e. The molecule has 0 saturated heterocycles. The molecule has 0 fully saturated rings. The van der Waals surface area contributed by atoms with Crippen LogP contribution in [0, 0.1) is 18.7 Å². The van der Waals surface area contributed by atoms with Gasteiger partial charge in [0.2, 0.25) is 5.91 Å². The Balaban J connectivity index is 1.41. The number of H-pyrrole nitrogens is 1. The van der Waals surface area contributed by atoms with Gasteiger partial charge in [0.05, 0.1) is 36.3 Å². The van der Waals surface area contributed by atoms with E-state index in [9.17, 15) is 14.0 Å². The zero-order valence-corrected chi connectivity index (χ0v) is 23.9. The number of anilines is 1. The van der Waals surface area contributed by atoms with Crippen molar-refractivity contribution in [3.8, 4) is 28.3 Å². The number of nitrogens with zero attached hydrogens (tertiary/aromatic N) is 6. The lowest BCUT2D eigenvalue weighted by molar-refractivity contribution is -0.119. The summed E-state index contributed by atoms with van der Waals surface area (Å²) in [6, 6.07) is 14.1. The number of aryl methyl sites for hydroxylation is 1. The van der Waals surface area contributed by atoms with Gasteiger partial charge in [-0.1, -0.05) is 38.1 Å². The topological polar surface area (TPSA) is 123 Å². The minimum absolute atomic E-state index is 0.103. The molecule has 2 aromatic carbocycles. The summed E-state index contributed by atoms with van der Waals surface area (Å²) in [6.45, 7) is 5.80. The summed E-state index contributed by atoms with van der Waals surface area (Å²) < 4.78 is 17.4. The van der Waals surface area contributed by atoms with Gasteiger partial charge in [-0.25, -0.2) is 9.37 Å². The van der Waals surface area contributed by atoms with Gasteiger partial charge in [-0.3, -0.25) is 19.1 Å². The Morgan fingerprint density at radius 1 is 1.05 bits per heavy atom. The van der Waals surface area contributed by atoms with Crippen LogP contribution in [0.3, 0.4) is 0 Å². The van der Waals surface area contributed by atoms with Gasteiger partial charge in [-0.15, -0.1) is 0 Å². The molecule has 0 spiro atoms. The highest BCUT2D eigenvalue weighted by molar-refractivity contribution is 5.92.